The zero-order valence-corrected chi connectivity index (χ0v) is 19.7. The molecular weight excluding hydrogens is 531 g/mol. The Morgan fingerprint density at radius 3 is 1.92 bits per heavy atom. The van der Waals surface area contributed by atoms with Gasteiger partial charge in [0.25, 0.3) is 0 Å². The van der Waals surface area contributed by atoms with E-state index in [1.165, 1.54) is 13.0 Å². The SMILES string of the molecule is CCOC(=O)N1c2ccc(C(F)(F)F)cc2C([C@H](C#N)c2cc(C(F)(F)F)cc(C(F)(F)F)c2)=C[C@H]1CC. The van der Waals surface area contributed by atoms with Gasteiger partial charge in [0.1, 0.15) is 0 Å². The molecule has 3 rings (SSSR count). The Balaban J connectivity index is 2.32. The Morgan fingerprint density at radius 1 is 0.921 bits per heavy atom. The molecule has 0 saturated heterocycles. The summed E-state index contributed by atoms with van der Waals surface area (Å²) in [7, 11) is 0. The standard InChI is InChI=1S/C25H19F9N2O2/c1-3-17-11-18(19-10-14(23(26,27)28)5-6-21(19)36(17)22(37)38-4-2)20(12-35)13-7-15(24(29,30)31)9-16(8-13)25(32,33)34/h5-11,17,20H,3-4H2,1-2H3/t17-,20-/m1/s1. The van der Waals surface area contributed by atoms with Gasteiger partial charge in [-0.2, -0.15) is 44.8 Å². The van der Waals surface area contributed by atoms with Crippen LogP contribution in [0.5, 0.6) is 0 Å². The van der Waals surface area contributed by atoms with Gasteiger partial charge in [0.05, 0.1) is 47.0 Å². The second kappa shape index (κ2) is 10.2. The monoisotopic (exact) mass is 550 g/mol. The topological polar surface area (TPSA) is 53.3 Å². The molecule has 1 amide bonds. The lowest BCUT2D eigenvalue weighted by Gasteiger charge is -2.36. The number of alkyl halides is 9. The smallest absolute Gasteiger partial charge is 0.416 e. The number of carbonyl (C=O) groups is 1. The van der Waals surface area contributed by atoms with E-state index >= 15 is 0 Å². The van der Waals surface area contributed by atoms with Gasteiger partial charge in [-0.3, -0.25) is 4.90 Å². The minimum absolute atomic E-state index is 0.0798. The van der Waals surface area contributed by atoms with E-state index < -0.39 is 58.8 Å². The number of nitrogens with zero attached hydrogens (tertiary/aromatic N) is 2. The first-order chi connectivity index (χ1) is 17.5. The van der Waals surface area contributed by atoms with Gasteiger partial charge in [0.15, 0.2) is 0 Å². The van der Waals surface area contributed by atoms with E-state index in [1.807, 2.05) is 0 Å². The molecule has 0 bridgehead atoms. The molecule has 0 radical (unpaired) electrons. The molecule has 1 aliphatic rings. The Hall–Kier alpha value is -3.69. The third kappa shape index (κ3) is 5.74. The van der Waals surface area contributed by atoms with Gasteiger partial charge in [-0.15, -0.1) is 0 Å². The molecule has 0 fully saturated rings. The number of fused-ring (bicyclic) bond motifs is 1. The average molecular weight is 550 g/mol. The normalized spacial score (nSPS) is 16.8. The highest BCUT2D eigenvalue weighted by Gasteiger charge is 2.40. The zero-order chi connectivity index (χ0) is 28.6. The molecule has 204 valence electrons. The summed E-state index contributed by atoms with van der Waals surface area (Å²) in [5.74, 6) is -1.83. The number of amides is 1. The minimum Gasteiger partial charge on any atom is -0.449 e. The molecule has 0 unspecified atom stereocenters. The predicted octanol–water partition coefficient (Wildman–Crippen LogP) is 8.19. The first-order valence-electron chi connectivity index (χ1n) is 11.1. The molecule has 4 nitrogen and oxygen atoms in total. The van der Waals surface area contributed by atoms with E-state index in [0.29, 0.717) is 24.3 Å². The zero-order valence-electron chi connectivity index (χ0n) is 19.7. The number of benzene rings is 2. The largest absolute Gasteiger partial charge is 0.449 e. The highest BCUT2D eigenvalue weighted by Crippen LogP contribution is 2.46. The first-order valence-corrected chi connectivity index (χ1v) is 11.1. The fraction of sp³-hybridized carbons (Fsp3) is 0.360. The van der Waals surface area contributed by atoms with Gasteiger partial charge in [0, 0.05) is 5.56 Å². The van der Waals surface area contributed by atoms with Crippen molar-refractivity contribution < 1.29 is 49.0 Å². The van der Waals surface area contributed by atoms with E-state index in [-0.39, 0.29) is 35.9 Å². The molecule has 13 heteroatoms. The quantitative estimate of drug-likeness (QED) is 0.361. The van der Waals surface area contributed by atoms with Gasteiger partial charge in [-0.25, -0.2) is 4.79 Å². The Bertz CT molecular complexity index is 1260. The van der Waals surface area contributed by atoms with Gasteiger partial charge in [-0.1, -0.05) is 13.0 Å². The average Bonchev–Trinajstić information content (AvgIpc) is 2.82. The van der Waals surface area contributed by atoms with Crippen LogP contribution in [0.4, 0.5) is 50.0 Å². The van der Waals surface area contributed by atoms with E-state index in [9.17, 15) is 49.6 Å². The van der Waals surface area contributed by atoms with E-state index in [2.05, 4.69) is 0 Å². The number of carbonyl (C=O) groups excluding carboxylic acids is 1. The van der Waals surface area contributed by atoms with Crippen molar-refractivity contribution in [1.82, 2.24) is 0 Å². The van der Waals surface area contributed by atoms with Crippen LogP contribution in [0.15, 0.2) is 42.5 Å². The third-order valence-electron chi connectivity index (χ3n) is 5.86. The molecule has 1 aliphatic heterocycles. The van der Waals surface area contributed by atoms with Crippen molar-refractivity contribution in [2.45, 2.75) is 50.8 Å². The first kappa shape index (κ1) is 28.9. The number of halogens is 9. The van der Waals surface area contributed by atoms with Crippen LogP contribution in [0.1, 0.15) is 54.0 Å². The second-order valence-electron chi connectivity index (χ2n) is 8.30. The maximum absolute atomic E-state index is 13.5. The van der Waals surface area contributed by atoms with Crippen molar-refractivity contribution in [2.75, 3.05) is 11.5 Å². The number of nitriles is 1. The van der Waals surface area contributed by atoms with Crippen LogP contribution in [0.25, 0.3) is 5.57 Å². The van der Waals surface area contributed by atoms with Crippen LogP contribution in [-0.2, 0) is 23.3 Å². The van der Waals surface area contributed by atoms with Crippen molar-refractivity contribution in [3.8, 4) is 6.07 Å². The van der Waals surface area contributed by atoms with Crippen LogP contribution in [-0.4, -0.2) is 18.7 Å². The fourth-order valence-corrected chi connectivity index (χ4v) is 4.15. The van der Waals surface area contributed by atoms with Crippen molar-refractivity contribution >= 4 is 17.4 Å². The molecule has 0 spiro atoms. The molecule has 2 atom stereocenters. The van der Waals surface area contributed by atoms with Crippen LogP contribution in [0.3, 0.4) is 0 Å². The number of ether oxygens (including phenoxy) is 1. The van der Waals surface area contributed by atoms with Gasteiger partial charge < -0.3 is 4.74 Å². The predicted molar refractivity (Wildman–Crippen MR) is 118 cm³/mol. The number of hydrogen-bond donors (Lipinski definition) is 0. The van der Waals surface area contributed by atoms with Crippen LogP contribution >= 0.6 is 0 Å². The lowest BCUT2D eigenvalue weighted by atomic mass is 9.81. The highest BCUT2D eigenvalue weighted by atomic mass is 19.4. The summed E-state index contributed by atoms with van der Waals surface area (Å²) in [5, 5.41) is 9.91. The number of hydrogen-bond acceptors (Lipinski definition) is 3. The van der Waals surface area contributed by atoms with Crippen molar-refractivity contribution in [2.24, 2.45) is 0 Å². The van der Waals surface area contributed by atoms with Crippen molar-refractivity contribution in [1.29, 1.82) is 5.26 Å². The Kier molecular flexibility index (Phi) is 7.77. The molecule has 2 aromatic carbocycles. The summed E-state index contributed by atoms with van der Waals surface area (Å²) in [4.78, 5) is 13.7. The van der Waals surface area contributed by atoms with E-state index in [1.54, 1.807) is 13.0 Å². The summed E-state index contributed by atoms with van der Waals surface area (Å²) in [6.45, 7) is 3.01. The summed E-state index contributed by atoms with van der Waals surface area (Å²) < 4.78 is 126. The number of allylic oxidation sites excluding steroid dienone is 1. The van der Waals surface area contributed by atoms with Gasteiger partial charge >= 0.3 is 24.6 Å². The summed E-state index contributed by atoms with van der Waals surface area (Å²) in [6, 6.07) is 3.55. The molecule has 2 aromatic rings. The summed E-state index contributed by atoms with van der Waals surface area (Å²) in [6.07, 6.45) is -14.9. The molecule has 0 saturated carbocycles. The molecular formula is C25H19F9N2O2. The third-order valence-corrected chi connectivity index (χ3v) is 5.86. The number of rotatable bonds is 4. The Labute approximate surface area is 210 Å². The molecule has 1 heterocycles. The number of anilines is 1. The van der Waals surface area contributed by atoms with Crippen LogP contribution in [0, 0.1) is 11.3 Å². The Morgan fingerprint density at radius 2 is 1.47 bits per heavy atom. The molecule has 38 heavy (non-hydrogen) atoms. The van der Waals surface area contributed by atoms with Crippen molar-refractivity contribution in [3.05, 3.63) is 70.3 Å². The van der Waals surface area contributed by atoms with Crippen LogP contribution in [0.2, 0.25) is 0 Å². The second-order valence-corrected chi connectivity index (χ2v) is 8.30. The van der Waals surface area contributed by atoms with E-state index in [4.69, 9.17) is 4.74 Å². The summed E-state index contributed by atoms with van der Waals surface area (Å²) >= 11 is 0. The lowest BCUT2D eigenvalue weighted by molar-refractivity contribution is -0.143. The van der Waals surface area contributed by atoms with Crippen LogP contribution < -0.4 is 4.90 Å². The highest BCUT2D eigenvalue weighted by molar-refractivity contribution is 5.97. The molecule has 0 N–H and O–H groups in total. The molecule has 0 aliphatic carbocycles. The maximum atomic E-state index is 13.5. The van der Waals surface area contributed by atoms with Gasteiger partial charge in [0.2, 0.25) is 0 Å². The van der Waals surface area contributed by atoms with Gasteiger partial charge in [-0.05, 0) is 60.9 Å². The maximum Gasteiger partial charge on any atom is 0.416 e. The van der Waals surface area contributed by atoms with E-state index in [0.717, 1.165) is 11.0 Å². The fourth-order valence-electron chi connectivity index (χ4n) is 4.15. The lowest BCUT2D eigenvalue weighted by Crippen LogP contribution is -2.42. The summed E-state index contributed by atoms with van der Waals surface area (Å²) in [5.41, 5.74) is -6.03. The minimum atomic E-state index is -5.20. The van der Waals surface area contributed by atoms with Crippen molar-refractivity contribution in [3.63, 3.8) is 0 Å². The molecule has 0 aromatic heterocycles.